The van der Waals surface area contributed by atoms with Crippen molar-refractivity contribution in [3.63, 3.8) is 0 Å². The Morgan fingerprint density at radius 3 is 1.92 bits per heavy atom. The molecule has 0 saturated heterocycles. The van der Waals surface area contributed by atoms with Crippen LogP contribution in [0.25, 0.3) is 0 Å². The third kappa shape index (κ3) is 4.52. The number of nitrogens with one attached hydrogen (secondary N) is 1. The maximum absolute atomic E-state index is 12.3. The second-order valence-corrected chi connectivity index (χ2v) is 6.76. The molecule has 0 atom stereocenters. The minimum atomic E-state index is -0.147. The Morgan fingerprint density at radius 1 is 0.875 bits per heavy atom. The van der Waals surface area contributed by atoms with Gasteiger partial charge in [-0.3, -0.25) is 14.1 Å². The van der Waals surface area contributed by atoms with E-state index in [2.05, 4.69) is 50.7 Å². The van der Waals surface area contributed by atoms with E-state index in [0.717, 1.165) is 10.0 Å². The van der Waals surface area contributed by atoms with Gasteiger partial charge in [0.15, 0.2) is 5.78 Å². The summed E-state index contributed by atoms with van der Waals surface area (Å²) in [4.78, 5) is 23.8. The van der Waals surface area contributed by atoms with Gasteiger partial charge in [0.05, 0.1) is 21.1 Å². The van der Waals surface area contributed by atoms with Crippen LogP contribution in [0.2, 0.25) is 0 Å². The number of ketones is 1. The third-order valence-electron chi connectivity index (χ3n) is 4.05. The number of Topliss-reactive ketones (excluding diaryl/α,β-unsaturated/α-hetero) is 1. The molecule has 0 spiro atoms. The highest BCUT2D eigenvalue weighted by Crippen LogP contribution is 2.18. The predicted octanol–water partition coefficient (Wildman–Crippen LogP) is 3.06. The van der Waals surface area contributed by atoms with Crippen molar-refractivity contribution >= 4 is 17.4 Å². The zero-order valence-corrected chi connectivity index (χ0v) is 14.8. The van der Waals surface area contributed by atoms with Gasteiger partial charge in [0, 0.05) is 24.6 Å². The molecule has 1 N–H and O–H groups in total. The van der Waals surface area contributed by atoms with Gasteiger partial charge in [0.1, 0.15) is 5.69 Å². The number of carbonyl (C=O) groups is 2. The first kappa shape index (κ1) is 17.9. The van der Waals surface area contributed by atoms with Crippen LogP contribution < -0.4 is 9.80 Å². The number of quaternary nitrogens is 1. The Bertz CT molecular complexity index is 711. The smallest absolute Gasteiger partial charge is 0.251 e. The van der Waals surface area contributed by atoms with Crippen LogP contribution in [0.5, 0.6) is 0 Å². The molecule has 2 aromatic rings. The molecule has 0 fully saturated rings. The maximum atomic E-state index is 12.3. The number of hydrogen-bond acceptors (Lipinski definition) is 2. The van der Waals surface area contributed by atoms with Gasteiger partial charge in [-0.25, -0.2) is 0 Å². The second-order valence-electron chi connectivity index (χ2n) is 6.76. The molecule has 0 unspecified atom stereocenters. The molecule has 0 saturated carbocycles. The number of aryl methyl sites for hydroxylation is 1. The molecule has 126 valence electrons. The van der Waals surface area contributed by atoms with E-state index in [4.69, 9.17) is 0 Å². The average molecular weight is 325 g/mol. The van der Waals surface area contributed by atoms with E-state index in [1.165, 1.54) is 5.69 Å². The quantitative estimate of drug-likeness (QED) is 0.655. The van der Waals surface area contributed by atoms with Crippen molar-refractivity contribution in [1.82, 2.24) is 9.80 Å². The molecule has 0 aliphatic rings. The number of amides is 1. The molecular formula is C20H25N2O2+. The molecule has 2 rings (SSSR count). The molecule has 0 aliphatic carbocycles. The Hall–Kier alpha value is -2.46. The Balaban J connectivity index is 1.96. The summed E-state index contributed by atoms with van der Waals surface area (Å²) < 4.78 is 0.775. The summed E-state index contributed by atoms with van der Waals surface area (Å²) in [7, 11) is 7.97. The van der Waals surface area contributed by atoms with E-state index in [1.54, 1.807) is 31.3 Å². The summed E-state index contributed by atoms with van der Waals surface area (Å²) in [6.07, 6.45) is 1.18. The predicted molar refractivity (Wildman–Crippen MR) is 98.5 cm³/mol. The fraction of sp³-hybridized carbons (Fsp3) is 0.300. The lowest BCUT2D eigenvalue weighted by molar-refractivity contribution is 0.0957. The lowest BCUT2D eigenvalue weighted by Crippen LogP contribution is -2.34. The van der Waals surface area contributed by atoms with Crippen LogP contribution in [-0.2, 0) is 6.42 Å². The highest BCUT2D eigenvalue weighted by molar-refractivity contribution is 5.98. The molecule has 0 aliphatic heterocycles. The highest BCUT2D eigenvalue weighted by atomic mass is 16.1. The largest absolute Gasteiger partial charge is 0.355 e. The molecular weight excluding hydrogens is 300 g/mol. The maximum Gasteiger partial charge on any atom is 0.251 e. The van der Waals surface area contributed by atoms with Crippen LogP contribution in [0.15, 0.2) is 48.5 Å². The van der Waals surface area contributed by atoms with E-state index in [9.17, 15) is 9.59 Å². The summed E-state index contributed by atoms with van der Waals surface area (Å²) in [6.45, 7) is 0. The van der Waals surface area contributed by atoms with Crippen LogP contribution in [0.3, 0.4) is 0 Å². The lowest BCUT2D eigenvalue weighted by atomic mass is 10.0. The van der Waals surface area contributed by atoms with Crippen LogP contribution in [-0.4, -0.2) is 39.9 Å². The number of carbonyl (C=O) groups excluding carboxylic acids is 2. The van der Waals surface area contributed by atoms with E-state index in [-0.39, 0.29) is 11.7 Å². The van der Waals surface area contributed by atoms with Crippen molar-refractivity contribution in [2.45, 2.75) is 12.8 Å². The second kappa shape index (κ2) is 7.41. The van der Waals surface area contributed by atoms with Gasteiger partial charge in [0.2, 0.25) is 0 Å². The first-order chi connectivity index (χ1) is 11.3. The Morgan fingerprint density at radius 2 is 1.42 bits per heavy atom. The first-order valence-electron chi connectivity index (χ1n) is 8.07. The lowest BCUT2D eigenvalue weighted by Gasteiger charge is -2.23. The molecule has 1 amide bonds. The van der Waals surface area contributed by atoms with Crippen molar-refractivity contribution < 1.29 is 9.59 Å². The van der Waals surface area contributed by atoms with Gasteiger partial charge >= 0.3 is 0 Å². The molecule has 0 radical (unpaired) electrons. The van der Waals surface area contributed by atoms with Gasteiger partial charge in [-0.15, -0.1) is 0 Å². The Labute approximate surface area is 143 Å². The monoisotopic (exact) mass is 325 g/mol. The molecule has 0 heterocycles. The molecule has 2 aromatic carbocycles. The van der Waals surface area contributed by atoms with Crippen LogP contribution in [0, 0.1) is 0 Å². The normalized spacial score (nSPS) is 11.2. The number of hydrogen-bond donors (Lipinski definition) is 1. The van der Waals surface area contributed by atoms with Crippen LogP contribution >= 0.6 is 0 Å². The van der Waals surface area contributed by atoms with Gasteiger partial charge in [-0.05, 0) is 36.2 Å². The first-order valence-corrected chi connectivity index (χ1v) is 8.07. The van der Waals surface area contributed by atoms with Crippen molar-refractivity contribution in [2.24, 2.45) is 0 Å². The third-order valence-corrected chi connectivity index (χ3v) is 4.05. The SMILES string of the molecule is CNC(=O)c1ccc(C(=O)CCc2ccc([N+](C)(C)C)cc2)cc1. The zero-order chi connectivity index (χ0) is 17.7. The van der Waals surface area contributed by atoms with Crippen molar-refractivity contribution in [1.29, 1.82) is 0 Å². The minimum absolute atomic E-state index is 0.0918. The summed E-state index contributed by atoms with van der Waals surface area (Å²) in [5, 5.41) is 2.57. The standard InChI is InChI=1S/C20H24N2O2/c1-21-20(24)17-10-8-16(9-11-17)19(23)14-7-15-5-12-18(13-6-15)22(2,3)4/h5-6,8-13H,7,14H2,1-4H3/p+1. The molecule has 24 heavy (non-hydrogen) atoms. The molecule has 0 aromatic heterocycles. The molecule has 4 heteroatoms. The number of rotatable bonds is 6. The number of benzene rings is 2. The summed E-state index contributed by atoms with van der Waals surface area (Å²) in [6, 6.07) is 15.2. The Kier molecular flexibility index (Phi) is 5.52. The van der Waals surface area contributed by atoms with Crippen molar-refractivity contribution in [3.05, 3.63) is 65.2 Å². The van der Waals surface area contributed by atoms with Crippen LogP contribution in [0.1, 0.15) is 32.7 Å². The van der Waals surface area contributed by atoms with Crippen LogP contribution in [0.4, 0.5) is 5.69 Å². The summed E-state index contributed by atoms with van der Waals surface area (Å²) in [5.41, 5.74) is 3.59. The average Bonchev–Trinajstić information content (AvgIpc) is 2.58. The van der Waals surface area contributed by atoms with E-state index in [1.807, 2.05) is 0 Å². The molecule has 4 nitrogen and oxygen atoms in total. The van der Waals surface area contributed by atoms with Gasteiger partial charge in [-0.1, -0.05) is 24.3 Å². The minimum Gasteiger partial charge on any atom is -0.355 e. The van der Waals surface area contributed by atoms with Gasteiger partial charge in [-0.2, -0.15) is 0 Å². The number of nitrogens with zero attached hydrogens (tertiary/aromatic N) is 1. The zero-order valence-electron chi connectivity index (χ0n) is 14.8. The van der Waals surface area contributed by atoms with Gasteiger partial charge in [0.25, 0.3) is 5.91 Å². The van der Waals surface area contributed by atoms with E-state index >= 15 is 0 Å². The summed E-state index contributed by atoms with van der Waals surface area (Å²) >= 11 is 0. The topological polar surface area (TPSA) is 46.2 Å². The van der Waals surface area contributed by atoms with E-state index in [0.29, 0.717) is 24.0 Å². The van der Waals surface area contributed by atoms with E-state index < -0.39 is 0 Å². The van der Waals surface area contributed by atoms with Crippen molar-refractivity contribution in [3.8, 4) is 0 Å². The van der Waals surface area contributed by atoms with Gasteiger partial charge < -0.3 is 5.32 Å². The van der Waals surface area contributed by atoms with Crippen molar-refractivity contribution in [2.75, 3.05) is 28.2 Å². The fourth-order valence-corrected chi connectivity index (χ4v) is 2.46. The summed E-state index contributed by atoms with van der Waals surface area (Å²) in [5.74, 6) is -0.0551. The highest BCUT2D eigenvalue weighted by Gasteiger charge is 2.12. The molecule has 0 bridgehead atoms. The fourth-order valence-electron chi connectivity index (χ4n) is 2.46.